The summed E-state index contributed by atoms with van der Waals surface area (Å²) >= 11 is 12.9. The van der Waals surface area contributed by atoms with Crippen molar-refractivity contribution in [1.82, 2.24) is 9.66 Å². The SMILES string of the molecule is CCOc1cc(C=Nn2c([C@@H](C)CC)nc3ccc(Br)cc3c2=O)cc(Br)c1OCC(=O)Nc1ccc(Cl)cc1. The quantitative estimate of drug-likeness (QED) is 0.175. The second-order valence-corrected chi connectivity index (χ2v) is 11.1. The number of carbonyl (C=O) groups is 1. The summed E-state index contributed by atoms with van der Waals surface area (Å²) in [7, 11) is 0. The zero-order valence-electron chi connectivity index (χ0n) is 22.1. The molecule has 40 heavy (non-hydrogen) atoms. The number of hydrogen-bond donors (Lipinski definition) is 1. The molecule has 1 heterocycles. The van der Waals surface area contributed by atoms with Gasteiger partial charge in [0.1, 0.15) is 5.82 Å². The zero-order valence-corrected chi connectivity index (χ0v) is 26.0. The van der Waals surface area contributed by atoms with Crippen molar-refractivity contribution in [2.75, 3.05) is 18.5 Å². The van der Waals surface area contributed by atoms with E-state index in [1.165, 1.54) is 4.68 Å². The van der Waals surface area contributed by atoms with E-state index in [9.17, 15) is 9.59 Å². The highest BCUT2D eigenvalue weighted by Gasteiger charge is 2.17. The molecule has 0 aliphatic carbocycles. The monoisotopic (exact) mass is 688 g/mol. The molecule has 1 N–H and O–H groups in total. The molecule has 0 aliphatic rings. The standard InChI is InChI=1S/C29H27Br2ClN4O4/c1-4-17(3)28-35-24-11-6-19(30)14-22(24)29(38)36(28)33-15-18-12-23(31)27(25(13-18)39-5-2)40-16-26(37)34-21-9-7-20(32)8-10-21/h6-15,17H,4-5,16H2,1-3H3,(H,34,37)/t17-/m0/s1. The van der Waals surface area contributed by atoms with Gasteiger partial charge in [-0.25, -0.2) is 4.98 Å². The molecule has 11 heteroatoms. The van der Waals surface area contributed by atoms with Crippen LogP contribution < -0.4 is 20.3 Å². The Morgan fingerprint density at radius 2 is 1.88 bits per heavy atom. The highest BCUT2D eigenvalue weighted by atomic mass is 79.9. The molecule has 0 fully saturated rings. The lowest BCUT2D eigenvalue weighted by atomic mass is 10.1. The number of nitrogens with zero attached hydrogens (tertiary/aromatic N) is 3. The minimum Gasteiger partial charge on any atom is -0.490 e. The number of benzene rings is 3. The smallest absolute Gasteiger partial charge is 0.282 e. The van der Waals surface area contributed by atoms with Crippen molar-refractivity contribution in [1.29, 1.82) is 0 Å². The van der Waals surface area contributed by atoms with Gasteiger partial charge in [-0.3, -0.25) is 9.59 Å². The first-order chi connectivity index (χ1) is 19.2. The normalized spacial score (nSPS) is 12.1. The van der Waals surface area contributed by atoms with Crippen molar-refractivity contribution in [2.24, 2.45) is 5.10 Å². The Morgan fingerprint density at radius 3 is 2.58 bits per heavy atom. The second kappa shape index (κ2) is 13.4. The third-order valence-electron chi connectivity index (χ3n) is 6.02. The van der Waals surface area contributed by atoms with Crippen LogP contribution in [0.2, 0.25) is 5.02 Å². The molecule has 0 unspecified atom stereocenters. The Hall–Kier alpha value is -3.21. The van der Waals surface area contributed by atoms with Crippen molar-refractivity contribution in [2.45, 2.75) is 33.1 Å². The summed E-state index contributed by atoms with van der Waals surface area (Å²) in [6, 6.07) is 15.7. The van der Waals surface area contributed by atoms with Crippen molar-refractivity contribution in [3.8, 4) is 11.5 Å². The number of aromatic nitrogens is 2. The molecule has 4 aromatic rings. The third-order valence-corrected chi connectivity index (χ3v) is 7.35. The van der Waals surface area contributed by atoms with Crippen LogP contribution >= 0.6 is 43.5 Å². The van der Waals surface area contributed by atoms with Gasteiger partial charge in [0.15, 0.2) is 18.1 Å². The van der Waals surface area contributed by atoms with E-state index in [0.717, 1.165) is 10.9 Å². The van der Waals surface area contributed by atoms with Gasteiger partial charge in [0.25, 0.3) is 11.5 Å². The maximum atomic E-state index is 13.4. The lowest BCUT2D eigenvalue weighted by molar-refractivity contribution is -0.118. The summed E-state index contributed by atoms with van der Waals surface area (Å²) in [5.41, 5.74) is 1.63. The third kappa shape index (κ3) is 7.10. The number of amides is 1. The molecule has 8 nitrogen and oxygen atoms in total. The maximum Gasteiger partial charge on any atom is 0.282 e. The minimum absolute atomic E-state index is 0.0124. The number of halogens is 3. The van der Waals surface area contributed by atoms with Crippen molar-refractivity contribution in [3.05, 3.63) is 90.3 Å². The van der Waals surface area contributed by atoms with Crippen LogP contribution in [0.5, 0.6) is 11.5 Å². The van der Waals surface area contributed by atoms with Crippen LogP contribution in [0.25, 0.3) is 10.9 Å². The van der Waals surface area contributed by atoms with E-state index in [-0.39, 0.29) is 24.0 Å². The molecule has 0 spiro atoms. The average Bonchev–Trinajstić information content (AvgIpc) is 2.93. The Balaban J connectivity index is 1.62. The topological polar surface area (TPSA) is 94.8 Å². The zero-order chi connectivity index (χ0) is 28.8. The van der Waals surface area contributed by atoms with Crippen molar-refractivity contribution < 1.29 is 14.3 Å². The molecule has 208 valence electrons. The van der Waals surface area contributed by atoms with Gasteiger partial charge in [0, 0.05) is 21.1 Å². The van der Waals surface area contributed by atoms with Gasteiger partial charge in [-0.2, -0.15) is 9.78 Å². The second-order valence-electron chi connectivity index (χ2n) is 8.91. The van der Waals surface area contributed by atoms with Crippen molar-refractivity contribution in [3.63, 3.8) is 0 Å². The number of nitrogens with one attached hydrogen (secondary N) is 1. The lowest BCUT2D eigenvalue weighted by Crippen LogP contribution is -2.23. The molecule has 3 aromatic carbocycles. The minimum atomic E-state index is -0.338. The number of rotatable bonds is 10. The van der Waals surface area contributed by atoms with Crippen LogP contribution in [0, 0.1) is 0 Å². The lowest BCUT2D eigenvalue weighted by Gasteiger charge is -2.15. The Bertz CT molecular complexity index is 1620. The first kappa shape index (κ1) is 29.8. The van der Waals surface area contributed by atoms with Gasteiger partial charge in [0.2, 0.25) is 0 Å². The summed E-state index contributed by atoms with van der Waals surface area (Å²) < 4.78 is 14.3. The Labute approximate surface area is 253 Å². The van der Waals surface area contributed by atoms with Crippen LogP contribution in [0.4, 0.5) is 5.69 Å². The molecule has 0 saturated carbocycles. The van der Waals surface area contributed by atoms with Gasteiger partial charge in [-0.1, -0.05) is 41.4 Å². The Kier molecular flexibility index (Phi) is 9.99. The predicted octanol–water partition coefficient (Wildman–Crippen LogP) is 7.39. The molecule has 1 amide bonds. The number of hydrogen-bond acceptors (Lipinski definition) is 6. The largest absolute Gasteiger partial charge is 0.490 e. The fourth-order valence-corrected chi connectivity index (χ4v) is 4.90. The van der Waals surface area contributed by atoms with Crippen LogP contribution in [-0.4, -0.2) is 35.0 Å². The van der Waals surface area contributed by atoms with E-state index < -0.39 is 0 Å². The number of anilines is 1. The molecule has 0 saturated heterocycles. The summed E-state index contributed by atoms with van der Waals surface area (Å²) in [5.74, 6) is 1.05. The number of fused-ring (bicyclic) bond motifs is 1. The highest BCUT2D eigenvalue weighted by Crippen LogP contribution is 2.36. The van der Waals surface area contributed by atoms with E-state index >= 15 is 0 Å². The van der Waals surface area contributed by atoms with Gasteiger partial charge in [0.05, 0.1) is 28.2 Å². The highest BCUT2D eigenvalue weighted by molar-refractivity contribution is 9.10. The van der Waals surface area contributed by atoms with Gasteiger partial charge >= 0.3 is 0 Å². The summed E-state index contributed by atoms with van der Waals surface area (Å²) in [5, 5.41) is 8.34. The molecule has 0 bridgehead atoms. The van der Waals surface area contributed by atoms with E-state index in [1.807, 2.05) is 32.9 Å². The number of carbonyl (C=O) groups excluding carboxylic acids is 1. The fourth-order valence-electron chi connectivity index (χ4n) is 3.84. The van der Waals surface area contributed by atoms with Crippen molar-refractivity contribution >= 4 is 72.2 Å². The van der Waals surface area contributed by atoms with E-state index in [2.05, 4.69) is 42.3 Å². The molecule has 1 aromatic heterocycles. The van der Waals surface area contributed by atoms with E-state index in [0.29, 0.717) is 55.6 Å². The van der Waals surface area contributed by atoms with Gasteiger partial charge in [-0.05, 0) is 89.4 Å². The summed E-state index contributed by atoms with van der Waals surface area (Å²) in [6.07, 6.45) is 2.37. The summed E-state index contributed by atoms with van der Waals surface area (Å²) in [6.45, 7) is 6.04. The molecule has 1 atom stereocenters. The van der Waals surface area contributed by atoms with E-state index in [1.54, 1.807) is 48.7 Å². The first-order valence-electron chi connectivity index (χ1n) is 12.6. The van der Waals surface area contributed by atoms with E-state index in [4.69, 9.17) is 26.1 Å². The van der Waals surface area contributed by atoms with Gasteiger partial charge < -0.3 is 14.8 Å². The van der Waals surface area contributed by atoms with Crippen LogP contribution in [-0.2, 0) is 4.79 Å². The average molecular weight is 691 g/mol. The number of ether oxygens (including phenoxy) is 2. The predicted molar refractivity (Wildman–Crippen MR) is 166 cm³/mol. The molecular formula is C29H27Br2ClN4O4. The van der Waals surface area contributed by atoms with Gasteiger partial charge in [-0.15, -0.1) is 0 Å². The molecule has 0 aliphatic heterocycles. The van der Waals surface area contributed by atoms with Crippen LogP contribution in [0.1, 0.15) is 44.5 Å². The molecule has 0 radical (unpaired) electrons. The Morgan fingerprint density at radius 1 is 1.12 bits per heavy atom. The van der Waals surface area contributed by atoms with Crippen LogP contribution in [0.3, 0.4) is 0 Å². The maximum absolute atomic E-state index is 13.4. The fraction of sp³-hybridized carbons (Fsp3) is 0.241. The first-order valence-corrected chi connectivity index (χ1v) is 14.6. The summed E-state index contributed by atoms with van der Waals surface area (Å²) in [4.78, 5) is 30.6. The van der Waals surface area contributed by atoms with Crippen LogP contribution in [0.15, 0.2) is 73.4 Å². The molecule has 4 rings (SSSR count). The molecular weight excluding hydrogens is 664 g/mol.